The van der Waals surface area contributed by atoms with Crippen LogP contribution in [-0.4, -0.2) is 18.4 Å². The van der Waals surface area contributed by atoms with Crippen LogP contribution in [0.25, 0.3) is 0 Å². The van der Waals surface area contributed by atoms with Gasteiger partial charge in [-0.25, -0.2) is 4.79 Å². The zero-order chi connectivity index (χ0) is 28.5. The molecule has 0 aliphatic heterocycles. The predicted octanol–water partition coefficient (Wildman–Crippen LogP) is 12.2. The van der Waals surface area contributed by atoms with Crippen molar-refractivity contribution in [3.05, 3.63) is 0 Å². The van der Waals surface area contributed by atoms with Gasteiger partial charge in [-0.15, -0.1) is 0 Å². The van der Waals surface area contributed by atoms with Crippen molar-refractivity contribution in [3.8, 4) is 0 Å². The van der Waals surface area contributed by atoms with E-state index >= 15 is 0 Å². The van der Waals surface area contributed by atoms with Crippen LogP contribution in [0.1, 0.15) is 213 Å². The molecule has 3 nitrogen and oxygen atoms in total. The Labute approximate surface area is 245 Å². The van der Waals surface area contributed by atoms with Crippen LogP contribution >= 0.6 is 0 Å². The lowest BCUT2D eigenvalue weighted by Gasteiger charge is -2.05. The highest BCUT2D eigenvalue weighted by Gasteiger charge is 2.14. The third-order valence-corrected chi connectivity index (χ3v) is 8.22. The van der Waals surface area contributed by atoms with Gasteiger partial charge >= 0.3 is 5.97 Å². The van der Waals surface area contributed by atoms with E-state index in [-0.39, 0.29) is 5.78 Å². The summed E-state index contributed by atoms with van der Waals surface area (Å²) < 4.78 is 5.20. The SMILES string of the molecule is CCCCCCCCCCCCCCCCCCOC(=O)C(=O)CCCCCCCCCCCCCCCC. The summed E-state index contributed by atoms with van der Waals surface area (Å²) in [6.07, 6.45) is 39.7. The molecule has 0 radical (unpaired) electrons. The van der Waals surface area contributed by atoms with Gasteiger partial charge in [0.25, 0.3) is 0 Å². The van der Waals surface area contributed by atoms with Crippen molar-refractivity contribution >= 4 is 11.8 Å². The fourth-order valence-electron chi connectivity index (χ4n) is 5.48. The summed E-state index contributed by atoms with van der Waals surface area (Å²) in [4.78, 5) is 23.9. The average Bonchev–Trinajstić information content (AvgIpc) is 2.94. The highest BCUT2D eigenvalue weighted by Crippen LogP contribution is 2.15. The Morgan fingerprint density at radius 2 is 0.615 bits per heavy atom. The number of ketones is 1. The molecule has 0 fully saturated rings. The van der Waals surface area contributed by atoms with Crippen molar-refractivity contribution in [1.82, 2.24) is 0 Å². The first-order valence-corrected chi connectivity index (χ1v) is 17.9. The van der Waals surface area contributed by atoms with Gasteiger partial charge in [-0.05, 0) is 12.8 Å². The van der Waals surface area contributed by atoms with Gasteiger partial charge in [0.15, 0.2) is 0 Å². The quantitative estimate of drug-likeness (QED) is 0.0463. The van der Waals surface area contributed by atoms with Crippen LogP contribution in [0.15, 0.2) is 0 Å². The minimum absolute atomic E-state index is 0.328. The van der Waals surface area contributed by atoms with Gasteiger partial charge in [0.05, 0.1) is 6.61 Å². The number of esters is 1. The summed E-state index contributed by atoms with van der Waals surface area (Å²) >= 11 is 0. The first-order valence-electron chi connectivity index (χ1n) is 17.9. The maximum atomic E-state index is 12.0. The maximum absolute atomic E-state index is 12.0. The van der Waals surface area contributed by atoms with Crippen LogP contribution in [0.2, 0.25) is 0 Å². The van der Waals surface area contributed by atoms with E-state index in [4.69, 9.17) is 4.74 Å². The molecular formula is C36H70O3. The second kappa shape index (κ2) is 33.3. The molecule has 0 rings (SSSR count). The number of carbonyl (C=O) groups is 2. The van der Waals surface area contributed by atoms with Crippen LogP contribution in [0.4, 0.5) is 0 Å². The van der Waals surface area contributed by atoms with Crippen LogP contribution in [0.5, 0.6) is 0 Å². The Morgan fingerprint density at radius 1 is 0.359 bits per heavy atom. The van der Waals surface area contributed by atoms with E-state index in [2.05, 4.69) is 13.8 Å². The molecular weight excluding hydrogens is 480 g/mol. The molecule has 0 N–H and O–H groups in total. The second-order valence-corrected chi connectivity index (χ2v) is 12.2. The molecule has 0 heterocycles. The topological polar surface area (TPSA) is 43.4 Å². The molecule has 0 aliphatic rings. The zero-order valence-corrected chi connectivity index (χ0v) is 26.9. The minimum atomic E-state index is -0.606. The van der Waals surface area contributed by atoms with E-state index in [1.165, 1.54) is 167 Å². The van der Waals surface area contributed by atoms with Crippen LogP contribution in [0, 0.1) is 0 Å². The van der Waals surface area contributed by atoms with Crippen LogP contribution in [0.3, 0.4) is 0 Å². The molecule has 0 unspecified atom stereocenters. The standard InChI is InChI=1S/C36H70O3/c1-3-5-7-9-11-13-15-17-19-20-22-24-26-28-30-32-34-39-36(38)35(37)33-31-29-27-25-23-21-18-16-14-12-10-8-6-4-2/h3-34H2,1-2H3. The number of rotatable bonds is 33. The van der Waals surface area contributed by atoms with Gasteiger partial charge in [0.1, 0.15) is 0 Å². The zero-order valence-electron chi connectivity index (χ0n) is 26.9. The largest absolute Gasteiger partial charge is 0.460 e. The van der Waals surface area contributed by atoms with Gasteiger partial charge in [0.2, 0.25) is 5.78 Å². The molecule has 0 bridgehead atoms. The average molecular weight is 551 g/mol. The summed E-state index contributed by atoms with van der Waals surface area (Å²) in [6, 6.07) is 0. The van der Waals surface area contributed by atoms with Crippen LogP contribution < -0.4 is 0 Å². The molecule has 0 atom stereocenters. The van der Waals surface area contributed by atoms with Crippen molar-refractivity contribution < 1.29 is 14.3 Å². The number of Topliss-reactive ketones (excluding diaryl/α,β-unsaturated/α-hetero) is 1. The fourth-order valence-corrected chi connectivity index (χ4v) is 5.48. The van der Waals surface area contributed by atoms with Crippen molar-refractivity contribution in [3.63, 3.8) is 0 Å². The first-order chi connectivity index (χ1) is 19.2. The second-order valence-electron chi connectivity index (χ2n) is 12.2. The lowest BCUT2D eigenvalue weighted by molar-refractivity contribution is -0.154. The Kier molecular flexibility index (Phi) is 32.6. The van der Waals surface area contributed by atoms with Crippen LogP contribution in [-0.2, 0) is 14.3 Å². The van der Waals surface area contributed by atoms with Gasteiger partial charge in [-0.1, -0.05) is 194 Å². The van der Waals surface area contributed by atoms with E-state index in [9.17, 15) is 9.59 Å². The number of hydrogen-bond donors (Lipinski definition) is 0. The molecule has 39 heavy (non-hydrogen) atoms. The van der Waals surface area contributed by atoms with Crippen molar-refractivity contribution in [1.29, 1.82) is 0 Å². The number of hydrogen-bond acceptors (Lipinski definition) is 3. The maximum Gasteiger partial charge on any atom is 0.374 e. The third kappa shape index (κ3) is 31.5. The highest BCUT2D eigenvalue weighted by molar-refractivity contribution is 6.33. The summed E-state index contributed by atoms with van der Waals surface area (Å²) in [6.45, 7) is 4.96. The molecule has 0 aliphatic carbocycles. The molecule has 3 heteroatoms. The molecule has 0 saturated carbocycles. The Balaban J connectivity index is 3.27. The van der Waals surface area contributed by atoms with E-state index in [0.29, 0.717) is 13.0 Å². The lowest BCUT2D eigenvalue weighted by atomic mass is 10.0. The summed E-state index contributed by atoms with van der Waals surface area (Å²) in [7, 11) is 0. The van der Waals surface area contributed by atoms with Crippen molar-refractivity contribution in [2.24, 2.45) is 0 Å². The molecule has 0 aromatic heterocycles. The molecule has 0 spiro atoms. The third-order valence-electron chi connectivity index (χ3n) is 8.22. The highest BCUT2D eigenvalue weighted by atomic mass is 16.5. The van der Waals surface area contributed by atoms with E-state index < -0.39 is 5.97 Å². The summed E-state index contributed by atoms with van der Waals surface area (Å²) in [5.74, 6) is -0.934. The molecule has 0 saturated heterocycles. The minimum Gasteiger partial charge on any atom is -0.460 e. The lowest BCUT2D eigenvalue weighted by Crippen LogP contribution is -2.17. The van der Waals surface area contributed by atoms with E-state index in [0.717, 1.165) is 25.7 Å². The Bertz CT molecular complexity index is 502. The predicted molar refractivity (Wildman–Crippen MR) is 170 cm³/mol. The molecule has 232 valence electrons. The van der Waals surface area contributed by atoms with Gasteiger partial charge < -0.3 is 4.74 Å². The monoisotopic (exact) mass is 551 g/mol. The Hall–Kier alpha value is -0.860. The van der Waals surface area contributed by atoms with E-state index in [1.54, 1.807) is 0 Å². The summed E-state index contributed by atoms with van der Waals surface area (Å²) in [5.41, 5.74) is 0. The Morgan fingerprint density at radius 3 is 0.923 bits per heavy atom. The normalized spacial score (nSPS) is 11.2. The first kappa shape index (κ1) is 38.1. The summed E-state index contributed by atoms with van der Waals surface area (Å²) in [5, 5.41) is 0. The fraction of sp³-hybridized carbons (Fsp3) is 0.944. The molecule has 0 aromatic carbocycles. The molecule has 0 amide bonds. The van der Waals surface area contributed by atoms with Gasteiger partial charge in [0, 0.05) is 6.42 Å². The van der Waals surface area contributed by atoms with Crippen molar-refractivity contribution in [2.45, 2.75) is 213 Å². The van der Waals surface area contributed by atoms with Gasteiger partial charge in [-0.2, -0.15) is 0 Å². The van der Waals surface area contributed by atoms with Gasteiger partial charge in [-0.3, -0.25) is 4.79 Å². The van der Waals surface area contributed by atoms with E-state index in [1.807, 2.05) is 0 Å². The number of unbranched alkanes of at least 4 members (excludes halogenated alkanes) is 28. The molecule has 0 aromatic rings. The smallest absolute Gasteiger partial charge is 0.374 e. The number of ether oxygens (including phenoxy) is 1. The number of carbonyl (C=O) groups excluding carboxylic acids is 2. The van der Waals surface area contributed by atoms with Crippen molar-refractivity contribution in [2.75, 3.05) is 6.61 Å².